The summed E-state index contributed by atoms with van der Waals surface area (Å²) in [6.45, 7) is 6.50. The fraction of sp³-hybridized carbons (Fsp3) is 0.474. The van der Waals surface area contributed by atoms with E-state index in [4.69, 9.17) is 4.74 Å². The number of rotatable bonds is 2. The fourth-order valence-electron chi connectivity index (χ4n) is 4.05. The first-order valence-electron chi connectivity index (χ1n) is 8.71. The number of carbonyl (C=O) groups excluding carboxylic acids is 1. The molecule has 2 aliphatic heterocycles. The topological polar surface area (TPSA) is 45.7 Å². The van der Waals surface area contributed by atoms with Crippen molar-refractivity contribution in [3.63, 3.8) is 0 Å². The number of ether oxygens (including phenoxy) is 1. The molecule has 126 valence electrons. The molecule has 0 unspecified atom stereocenters. The molecule has 1 aromatic heterocycles. The highest BCUT2D eigenvalue weighted by atomic mass is 16.5. The van der Waals surface area contributed by atoms with E-state index in [0.29, 0.717) is 11.6 Å². The van der Waals surface area contributed by atoms with Crippen LogP contribution in [0.25, 0.3) is 10.8 Å². The number of likely N-dealkylation sites (tertiary alicyclic amines) is 1. The molecule has 0 bridgehead atoms. The molecule has 0 N–H and O–H groups in total. The maximum atomic E-state index is 13.1. The van der Waals surface area contributed by atoms with E-state index >= 15 is 0 Å². The molecule has 2 atom stereocenters. The summed E-state index contributed by atoms with van der Waals surface area (Å²) in [6, 6.07) is 8.61. The Balaban J connectivity index is 1.58. The van der Waals surface area contributed by atoms with Crippen molar-refractivity contribution in [1.29, 1.82) is 0 Å². The number of nitrogens with zero attached hydrogens (tertiary/aromatic N) is 3. The van der Waals surface area contributed by atoms with Gasteiger partial charge in [-0.3, -0.25) is 14.7 Å². The first kappa shape index (κ1) is 15.5. The predicted octanol–water partition coefficient (Wildman–Crippen LogP) is 2.17. The summed E-state index contributed by atoms with van der Waals surface area (Å²) in [6.07, 6.45) is 4.56. The monoisotopic (exact) mass is 325 g/mol. The molecule has 0 aliphatic carbocycles. The molecule has 5 nitrogen and oxygen atoms in total. The molecular weight excluding hydrogens is 302 g/mol. The molecule has 2 aliphatic rings. The van der Waals surface area contributed by atoms with Gasteiger partial charge in [-0.2, -0.15) is 0 Å². The molecule has 0 saturated carbocycles. The molecule has 4 rings (SSSR count). The minimum Gasteiger partial charge on any atom is -0.379 e. The molecule has 2 fully saturated rings. The van der Waals surface area contributed by atoms with Gasteiger partial charge >= 0.3 is 0 Å². The molecule has 2 saturated heterocycles. The fourth-order valence-corrected chi connectivity index (χ4v) is 4.05. The number of amides is 1. The molecular formula is C19H23N3O2. The van der Waals surface area contributed by atoms with E-state index in [2.05, 4.69) is 16.8 Å². The molecule has 1 amide bonds. The lowest BCUT2D eigenvalue weighted by Gasteiger charge is -2.35. The first-order chi connectivity index (χ1) is 11.8. The van der Waals surface area contributed by atoms with Crippen molar-refractivity contribution < 1.29 is 9.53 Å². The first-order valence-corrected chi connectivity index (χ1v) is 8.71. The van der Waals surface area contributed by atoms with Crippen LogP contribution in [0.15, 0.2) is 36.7 Å². The van der Waals surface area contributed by atoms with E-state index in [0.717, 1.165) is 50.0 Å². The summed E-state index contributed by atoms with van der Waals surface area (Å²) in [5.74, 6) is 0.0996. The summed E-state index contributed by atoms with van der Waals surface area (Å²) in [5, 5.41) is 2.00. The number of morpholine rings is 1. The van der Waals surface area contributed by atoms with Gasteiger partial charge in [0.2, 0.25) is 0 Å². The summed E-state index contributed by atoms with van der Waals surface area (Å²) in [5.41, 5.74) is 0.711. The highest BCUT2D eigenvalue weighted by molar-refractivity contribution is 6.06. The van der Waals surface area contributed by atoms with E-state index in [-0.39, 0.29) is 11.9 Å². The largest absolute Gasteiger partial charge is 0.379 e. The van der Waals surface area contributed by atoms with Crippen LogP contribution < -0.4 is 0 Å². The second kappa shape index (κ2) is 6.49. The molecule has 2 aromatic rings. The van der Waals surface area contributed by atoms with Crippen molar-refractivity contribution in [3.05, 3.63) is 42.2 Å². The number of fused-ring (bicyclic) bond motifs is 1. The third-order valence-corrected chi connectivity index (χ3v) is 5.39. The summed E-state index contributed by atoms with van der Waals surface area (Å²) < 4.78 is 5.46. The SMILES string of the molecule is C[C@@H]1[C@H](N2CCOCC2)CCN1C(=O)c1cncc2ccccc12. The van der Waals surface area contributed by atoms with Crippen molar-refractivity contribution >= 4 is 16.7 Å². The lowest BCUT2D eigenvalue weighted by atomic mass is 10.1. The predicted molar refractivity (Wildman–Crippen MR) is 93.0 cm³/mol. The molecule has 24 heavy (non-hydrogen) atoms. The number of hydrogen-bond donors (Lipinski definition) is 0. The number of carbonyl (C=O) groups is 1. The molecule has 0 spiro atoms. The summed E-state index contributed by atoms with van der Waals surface area (Å²) in [7, 11) is 0. The van der Waals surface area contributed by atoms with E-state index in [1.807, 2.05) is 35.4 Å². The zero-order valence-corrected chi connectivity index (χ0v) is 14.0. The average Bonchev–Trinajstić information content (AvgIpc) is 3.03. The third-order valence-electron chi connectivity index (χ3n) is 5.39. The number of pyridine rings is 1. The number of hydrogen-bond acceptors (Lipinski definition) is 4. The van der Waals surface area contributed by atoms with Crippen LogP contribution in [0, 0.1) is 0 Å². The van der Waals surface area contributed by atoms with E-state index in [1.165, 1.54) is 0 Å². The van der Waals surface area contributed by atoms with Gasteiger partial charge in [-0.1, -0.05) is 24.3 Å². The van der Waals surface area contributed by atoms with Crippen LogP contribution in [0.3, 0.4) is 0 Å². The molecule has 0 radical (unpaired) electrons. The highest BCUT2D eigenvalue weighted by Crippen LogP contribution is 2.27. The van der Waals surface area contributed by atoms with Crippen molar-refractivity contribution in [1.82, 2.24) is 14.8 Å². The summed E-state index contributed by atoms with van der Waals surface area (Å²) in [4.78, 5) is 21.9. The van der Waals surface area contributed by atoms with Crippen LogP contribution in [0.2, 0.25) is 0 Å². The minimum absolute atomic E-state index is 0.0996. The zero-order valence-electron chi connectivity index (χ0n) is 14.0. The quantitative estimate of drug-likeness (QED) is 0.849. The Kier molecular flexibility index (Phi) is 4.21. The van der Waals surface area contributed by atoms with Gasteiger partial charge in [0.25, 0.3) is 5.91 Å². The van der Waals surface area contributed by atoms with Crippen molar-refractivity contribution in [3.8, 4) is 0 Å². The average molecular weight is 325 g/mol. The maximum Gasteiger partial charge on any atom is 0.256 e. The van der Waals surface area contributed by atoms with E-state index in [9.17, 15) is 4.79 Å². The van der Waals surface area contributed by atoms with Gasteiger partial charge in [0.15, 0.2) is 0 Å². The second-order valence-corrected chi connectivity index (χ2v) is 6.65. The van der Waals surface area contributed by atoms with Gasteiger partial charge in [-0.25, -0.2) is 0 Å². The lowest BCUT2D eigenvalue weighted by molar-refractivity contribution is 0.0104. The van der Waals surface area contributed by atoms with Crippen LogP contribution in [-0.4, -0.2) is 65.6 Å². The van der Waals surface area contributed by atoms with Crippen LogP contribution in [0.4, 0.5) is 0 Å². The van der Waals surface area contributed by atoms with Crippen LogP contribution in [-0.2, 0) is 4.74 Å². The van der Waals surface area contributed by atoms with E-state index in [1.54, 1.807) is 6.20 Å². The lowest BCUT2D eigenvalue weighted by Crippen LogP contribution is -2.49. The maximum absolute atomic E-state index is 13.1. The normalized spacial score (nSPS) is 25.3. The molecule has 3 heterocycles. The van der Waals surface area contributed by atoms with E-state index < -0.39 is 0 Å². The Labute approximate surface area is 142 Å². The van der Waals surface area contributed by atoms with Gasteiger partial charge in [0, 0.05) is 49.5 Å². The Morgan fingerprint density at radius 2 is 1.96 bits per heavy atom. The third kappa shape index (κ3) is 2.68. The Morgan fingerprint density at radius 3 is 2.79 bits per heavy atom. The molecule has 5 heteroatoms. The molecule has 1 aromatic carbocycles. The van der Waals surface area contributed by atoms with Gasteiger partial charge in [0.05, 0.1) is 18.8 Å². The zero-order chi connectivity index (χ0) is 16.5. The number of benzene rings is 1. The number of aromatic nitrogens is 1. The highest BCUT2D eigenvalue weighted by Gasteiger charge is 2.38. The second-order valence-electron chi connectivity index (χ2n) is 6.65. The van der Waals surface area contributed by atoms with Crippen molar-refractivity contribution in [2.24, 2.45) is 0 Å². The Morgan fingerprint density at radius 1 is 1.17 bits per heavy atom. The van der Waals surface area contributed by atoms with Crippen molar-refractivity contribution in [2.45, 2.75) is 25.4 Å². The van der Waals surface area contributed by atoms with Crippen LogP contribution >= 0.6 is 0 Å². The van der Waals surface area contributed by atoms with Gasteiger partial charge in [0.1, 0.15) is 0 Å². The minimum atomic E-state index is 0.0996. The summed E-state index contributed by atoms with van der Waals surface area (Å²) >= 11 is 0. The van der Waals surface area contributed by atoms with Gasteiger partial charge in [-0.05, 0) is 18.7 Å². The van der Waals surface area contributed by atoms with Gasteiger partial charge in [-0.15, -0.1) is 0 Å². The smallest absolute Gasteiger partial charge is 0.256 e. The standard InChI is InChI=1S/C19H23N3O2/c1-14-18(21-8-10-24-11-9-21)6-7-22(14)19(23)17-13-20-12-15-4-2-3-5-16(15)17/h2-5,12-14,18H,6-11H2,1H3/t14-,18-/m1/s1. The van der Waals surface area contributed by atoms with Crippen molar-refractivity contribution in [2.75, 3.05) is 32.8 Å². The van der Waals surface area contributed by atoms with Crippen LogP contribution in [0.1, 0.15) is 23.7 Å². The van der Waals surface area contributed by atoms with Gasteiger partial charge < -0.3 is 9.64 Å². The van der Waals surface area contributed by atoms with Crippen LogP contribution in [0.5, 0.6) is 0 Å². The Hall–Kier alpha value is -1.98. The Bertz CT molecular complexity index is 737.